The molecule has 0 fully saturated rings. The summed E-state index contributed by atoms with van der Waals surface area (Å²) >= 11 is 0. The summed E-state index contributed by atoms with van der Waals surface area (Å²) in [7, 11) is 1.53. The minimum absolute atomic E-state index is 0.131. The van der Waals surface area contributed by atoms with Crippen LogP contribution in [-0.4, -0.2) is 44.1 Å². The van der Waals surface area contributed by atoms with E-state index in [2.05, 4.69) is 10.6 Å². The standard InChI is InChI=1S/C22H26N2O5/c1-15(17-7-5-4-6-8-17)13-23-21(26)16(2)29-20(25)14-24-22(27)18-9-11-19(28-3)12-10-18/h4-12,15-16H,13-14H2,1-3H3,(H,23,26)(H,24,27)/t15-,16-/m1/s1. The van der Waals surface area contributed by atoms with E-state index in [0.717, 1.165) is 5.56 Å². The Hall–Kier alpha value is -3.35. The van der Waals surface area contributed by atoms with E-state index in [0.29, 0.717) is 17.9 Å². The molecule has 0 heterocycles. The van der Waals surface area contributed by atoms with Gasteiger partial charge in [-0.1, -0.05) is 37.3 Å². The predicted octanol–water partition coefficient (Wildman–Crippen LogP) is 2.28. The molecule has 2 aromatic carbocycles. The summed E-state index contributed by atoms with van der Waals surface area (Å²) < 4.78 is 10.1. The zero-order valence-corrected chi connectivity index (χ0v) is 16.8. The third-order valence-corrected chi connectivity index (χ3v) is 4.37. The number of nitrogens with one attached hydrogen (secondary N) is 2. The van der Waals surface area contributed by atoms with Crippen LogP contribution in [-0.2, 0) is 14.3 Å². The molecule has 0 aromatic heterocycles. The molecular formula is C22H26N2O5. The molecule has 154 valence electrons. The molecule has 0 radical (unpaired) electrons. The molecule has 0 spiro atoms. The van der Waals surface area contributed by atoms with Crippen LogP contribution >= 0.6 is 0 Å². The lowest BCUT2D eigenvalue weighted by Gasteiger charge is -2.17. The molecule has 0 aliphatic carbocycles. The lowest BCUT2D eigenvalue weighted by molar-refractivity contribution is -0.153. The van der Waals surface area contributed by atoms with Crippen molar-refractivity contribution in [2.75, 3.05) is 20.2 Å². The van der Waals surface area contributed by atoms with Gasteiger partial charge in [0.2, 0.25) is 0 Å². The van der Waals surface area contributed by atoms with Gasteiger partial charge in [0.05, 0.1) is 7.11 Å². The molecule has 2 atom stereocenters. The highest BCUT2D eigenvalue weighted by Crippen LogP contribution is 2.13. The van der Waals surface area contributed by atoms with Gasteiger partial charge < -0.3 is 20.1 Å². The van der Waals surface area contributed by atoms with Gasteiger partial charge >= 0.3 is 5.97 Å². The molecule has 0 aliphatic rings. The lowest BCUT2D eigenvalue weighted by atomic mass is 10.0. The van der Waals surface area contributed by atoms with Crippen LogP contribution < -0.4 is 15.4 Å². The van der Waals surface area contributed by atoms with Crippen LogP contribution in [0.4, 0.5) is 0 Å². The van der Waals surface area contributed by atoms with Crippen molar-refractivity contribution in [3.05, 3.63) is 65.7 Å². The molecule has 0 unspecified atom stereocenters. The molecule has 0 saturated carbocycles. The Kier molecular flexibility index (Phi) is 8.21. The van der Waals surface area contributed by atoms with Crippen molar-refractivity contribution in [1.82, 2.24) is 10.6 Å². The number of amides is 2. The maximum absolute atomic E-state index is 12.1. The summed E-state index contributed by atoms with van der Waals surface area (Å²) in [6.07, 6.45) is -0.955. The molecule has 2 aromatic rings. The normalized spacial score (nSPS) is 12.4. The van der Waals surface area contributed by atoms with Gasteiger partial charge in [-0.05, 0) is 42.7 Å². The fourth-order valence-corrected chi connectivity index (χ4v) is 2.59. The molecule has 2 rings (SSSR count). The maximum Gasteiger partial charge on any atom is 0.326 e. The summed E-state index contributed by atoms with van der Waals surface area (Å²) in [5, 5.41) is 5.24. The SMILES string of the molecule is COc1ccc(C(=O)NCC(=O)O[C@H](C)C(=O)NC[C@@H](C)c2ccccc2)cc1. The average Bonchev–Trinajstić information content (AvgIpc) is 2.76. The number of carbonyl (C=O) groups is 3. The van der Waals surface area contributed by atoms with Crippen molar-refractivity contribution in [2.45, 2.75) is 25.9 Å². The Labute approximate surface area is 170 Å². The molecule has 7 nitrogen and oxygen atoms in total. The molecule has 2 amide bonds. The highest BCUT2D eigenvalue weighted by Gasteiger charge is 2.19. The first-order valence-electron chi connectivity index (χ1n) is 9.35. The first kappa shape index (κ1) is 21.9. The van der Waals surface area contributed by atoms with Crippen LogP contribution in [0.25, 0.3) is 0 Å². The minimum atomic E-state index is -0.955. The van der Waals surface area contributed by atoms with Crippen LogP contribution in [0.5, 0.6) is 5.75 Å². The second-order valence-electron chi connectivity index (χ2n) is 6.60. The van der Waals surface area contributed by atoms with Crippen molar-refractivity contribution in [3.8, 4) is 5.75 Å². The van der Waals surface area contributed by atoms with Gasteiger partial charge in [0.1, 0.15) is 12.3 Å². The Bertz CT molecular complexity index is 821. The van der Waals surface area contributed by atoms with E-state index in [-0.39, 0.29) is 18.4 Å². The average molecular weight is 398 g/mol. The van der Waals surface area contributed by atoms with Gasteiger partial charge in [-0.25, -0.2) is 0 Å². The van der Waals surface area contributed by atoms with Gasteiger partial charge in [-0.15, -0.1) is 0 Å². The summed E-state index contributed by atoms with van der Waals surface area (Å²) in [6, 6.07) is 16.3. The molecule has 2 N–H and O–H groups in total. The number of carbonyl (C=O) groups excluding carboxylic acids is 3. The summed E-state index contributed by atoms with van der Waals surface area (Å²) in [4.78, 5) is 36.1. The topological polar surface area (TPSA) is 93.7 Å². The van der Waals surface area contributed by atoms with Crippen LogP contribution in [0.15, 0.2) is 54.6 Å². The Balaban J connectivity index is 1.73. The molecule has 29 heavy (non-hydrogen) atoms. The first-order chi connectivity index (χ1) is 13.9. The quantitative estimate of drug-likeness (QED) is 0.632. The first-order valence-corrected chi connectivity index (χ1v) is 9.35. The van der Waals surface area contributed by atoms with Crippen LogP contribution in [0.1, 0.15) is 35.7 Å². The summed E-state index contributed by atoms with van der Waals surface area (Å²) in [5.74, 6) is -0.735. The van der Waals surface area contributed by atoms with Crippen LogP contribution in [0.3, 0.4) is 0 Å². The second-order valence-corrected chi connectivity index (χ2v) is 6.60. The van der Waals surface area contributed by atoms with E-state index < -0.39 is 18.0 Å². The van der Waals surface area contributed by atoms with Crippen molar-refractivity contribution in [2.24, 2.45) is 0 Å². The van der Waals surface area contributed by atoms with Gasteiger partial charge in [-0.2, -0.15) is 0 Å². The molecule has 7 heteroatoms. The Morgan fingerprint density at radius 1 is 0.931 bits per heavy atom. The van der Waals surface area contributed by atoms with E-state index in [9.17, 15) is 14.4 Å². The Morgan fingerprint density at radius 2 is 1.59 bits per heavy atom. The fourth-order valence-electron chi connectivity index (χ4n) is 2.59. The zero-order chi connectivity index (χ0) is 21.2. The third kappa shape index (κ3) is 6.95. The van der Waals surface area contributed by atoms with Gasteiger partial charge in [0.25, 0.3) is 11.8 Å². The predicted molar refractivity (Wildman–Crippen MR) is 109 cm³/mol. The number of hydrogen-bond acceptors (Lipinski definition) is 5. The largest absolute Gasteiger partial charge is 0.497 e. The summed E-state index contributed by atoms with van der Waals surface area (Å²) in [6.45, 7) is 3.59. The number of benzene rings is 2. The monoisotopic (exact) mass is 398 g/mol. The molecule has 0 saturated heterocycles. The van der Waals surface area contributed by atoms with Gasteiger partial charge in [-0.3, -0.25) is 14.4 Å². The maximum atomic E-state index is 12.1. The second kappa shape index (κ2) is 10.8. The zero-order valence-electron chi connectivity index (χ0n) is 16.8. The Morgan fingerprint density at radius 3 is 2.21 bits per heavy atom. The highest BCUT2D eigenvalue weighted by molar-refractivity contribution is 5.96. The molecular weight excluding hydrogens is 372 g/mol. The van der Waals surface area contributed by atoms with Crippen molar-refractivity contribution in [3.63, 3.8) is 0 Å². The number of rotatable bonds is 9. The van der Waals surface area contributed by atoms with Crippen LogP contribution in [0, 0.1) is 0 Å². The number of ether oxygens (including phenoxy) is 2. The van der Waals surface area contributed by atoms with Crippen molar-refractivity contribution >= 4 is 17.8 Å². The smallest absolute Gasteiger partial charge is 0.326 e. The number of methoxy groups -OCH3 is 1. The van der Waals surface area contributed by atoms with Crippen LogP contribution in [0.2, 0.25) is 0 Å². The summed E-state index contributed by atoms with van der Waals surface area (Å²) in [5.41, 5.74) is 1.50. The van der Waals surface area contributed by atoms with Crippen molar-refractivity contribution in [1.29, 1.82) is 0 Å². The van der Waals surface area contributed by atoms with Crippen molar-refractivity contribution < 1.29 is 23.9 Å². The number of esters is 1. The van der Waals surface area contributed by atoms with Gasteiger partial charge in [0.15, 0.2) is 6.10 Å². The third-order valence-electron chi connectivity index (χ3n) is 4.37. The lowest BCUT2D eigenvalue weighted by Crippen LogP contribution is -2.39. The van der Waals surface area contributed by atoms with E-state index in [4.69, 9.17) is 9.47 Å². The molecule has 0 aliphatic heterocycles. The molecule has 0 bridgehead atoms. The highest BCUT2D eigenvalue weighted by atomic mass is 16.5. The minimum Gasteiger partial charge on any atom is -0.497 e. The van der Waals surface area contributed by atoms with E-state index in [1.54, 1.807) is 24.3 Å². The van der Waals surface area contributed by atoms with E-state index in [1.165, 1.54) is 14.0 Å². The number of hydrogen-bond donors (Lipinski definition) is 2. The fraction of sp³-hybridized carbons (Fsp3) is 0.318. The van der Waals surface area contributed by atoms with E-state index >= 15 is 0 Å². The van der Waals surface area contributed by atoms with E-state index in [1.807, 2.05) is 37.3 Å². The van der Waals surface area contributed by atoms with Gasteiger partial charge in [0, 0.05) is 12.1 Å².